The van der Waals surface area contributed by atoms with Crippen LogP contribution in [-0.4, -0.2) is 327 Å². The Labute approximate surface area is 805 Å². The molecule has 14 saturated heterocycles. The molecule has 5 amide bonds. The lowest BCUT2D eigenvalue weighted by Crippen LogP contribution is -2.64. The number of nitrogen functional groups attached to an aromatic ring is 8. The summed E-state index contributed by atoms with van der Waals surface area (Å²) < 4.78 is 142. The number of hydrogen-bond acceptors (Lipinski definition) is 34. The molecule has 16 N–H and O–H groups in total. The van der Waals surface area contributed by atoms with Crippen LogP contribution in [0.5, 0.6) is 0 Å². The molecular formula is C92H120F8N30O9S. The fraction of sp³-hybridized carbons (Fsp3) is 0.511. The van der Waals surface area contributed by atoms with E-state index in [0.29, 0.717) is 177 Å². The van der Waals surface area contributed by atoms with Crippen LogP contribution in [0.4, 0.5) is 131 Å². The van der Waals surface area contributed by atoms with Gasteiger partial charge in [0.2, 0.25) is 23.6 Å². The molecule has 48 heteroatoms. The van der Waals surface area contributed by atoms with E-state index in [2.05, 4.69) is 44.8 Å². The third-order valence-electron chi connectivity index (χ3n) is 27.7. The highest BCUT2D eigenvalue weighted by molar-refractivity contribution is 7.91. The Kier molecular flexibility index (Phi) is 32.2. The van der Waals surface area contributed by atoms with Crippen molar-refractivity contribution in [1.29, 1.82) is 0 Å². The number of carbonyl (C=O) groups is 5. The Balaban J connectivity index is 0.000000121. The number of carbonyl (C=O) groups excluding carboxylic acids is 5. The van der Waals surface area contributed by atoms with Gasteiger partial charge in [-0.05, 0) is 64.2 Å². The minimum Gasteiger partial charge on any atom is -0.447 e. The van der Waals surface area contributed by atoms with Crippen LogP contribution in [0.3, 0.4) is 0 Å². The van der Waals surface area contributed by atoms with Gasteiger partial charge in [0.05, 0.1) is 222 Å². The number of ether oxygens (including phenoxy) is 2. The fourth-order valence-electron chi connectivity index (χ4n) is 20.5. The molecule has 0 aliphatic carbocycles. The lowest BCUT2D eigenvalue weighted by molar-refractivity contribution is -0.140. The number of halogens is 8. The van der Waals surface area contributed by atoms with Crippen LogP contribution in [0, 0.1) is 52.0 Å². The van der Waals surface area contributed by atoms with E-state index in [1.54, 1.807) is 26.6 Å². The molecule has 0 radical (unpaired) electrons. The fourth-order valence-corrected chi connectivity index (χ4v) is 21.7. The molecule has 140 heavy (non-hydrogen) atoms. The number of anilines is 16. The molecule has 8 aromatic rings. The molecule has 0 bridgehead atoms. The van der Waals surface area contributed by atoms with Crippen LogP contribution in [0.25, 0.3) is 0 Å². The average molecular weight is 1970 g/mol. The van der Waals surface area contributed by atoms with Crippen molar-refractivity contribution in [2.45, 2.75) is 107 Å². The number of sulfone groups is 1. The van der Waals surface area contributed by atoms with Crippen LogP contribution < -0.4 is 85.1 Å². The molecule has 22 heterocycles. The van der Waals surface area contributed by atoms with Crippen LogP contribution in [-0.2, 0) is 38.5 Å². The predicted molar refractivity (Wildman–Crippen MR) is 515 cm³/mol. The Bertz CT molecular complexity index is 5590. The molecular weight excluding hydrogens is 1850 g/mol. The maximum absolute atomic E-state index is 13.9. The van der Waals surface area contributed by atoms with Crippen LogP contribution in [0.15, 0.2) is 99.1 Å². The SMILES string of the molecule is CN1CCN2CCN(c3c(N)cncc3F)CC2C1=O.Nc1cncc(F)c1N1CC(=O)N2CCCC2C1.Nc1cncc(F)c1N1CCC2(CC1)COC2.Nc1cncc(F)c1N1CCCC1.Nc1cncc(F)c1N1CCN2C(=O)CCCC2C1.Nc1cncc(F)c1N1CCN2C(=O)CCCC2C1.Nc1cncc(F)c1N1CCN2C(=O)OC[C@H]2C1.Nc1cncc(F)c1N1CCS(=O)(=O)CC1. The zero-order valence-corrected chi connectivity index (χ0v) is 78.8. The standard InChI is InChI=1S/C13H18FN5O.2C13H17FN4O.C12H15FN4O.C12H16FN3O.C11H13FN4O2.C9H12FN3O2S.C9H12FN3/c1-17-2-3-18-4-5-19(8-11(18)13(17)20)12-9(14)6-16-7-10(12)15;2*14-10-6-16-7-11(15)13(10)17-4-5-18-9(8-17)2-1-3-12(18)19;13-9-4-15-5-10(14)12(9)16-6-8-2-1-3-17(8)11(18)7-16;13-9-5-15-6-10(14)11(9)16-3-1-12(2-4-16)7-17-8-12;12-8-3-14-4-9(13)10(8)15-1-2-16-7(5-15)6-18-11(16)17;10-7-5-12-6-8(11)9(7)13-1-3-16(14,15)4-2-13;10-7-5-12-6-8(11)9(7)13-3-1-2-4-13/h6-7,11H,2-5,8,15H2,1H3;2*6-7,9H,1-5,8,15H2;4-5,8H,1-3,6-7,14H2;5-6H,1-4,7-8,14H2;3-4,7H,1-2,5-6,13H2;5-6H,1-4,11H2;5-6H,1-4,11H2/t;;;;;7-;;/m.....1../s1. The molecule has 22 rings (SSSR count). The van der Waals surface area contributed by atoms with Crippen LogP contribution in [0.1, 0.15) is 77.0 Å². The van der Waals surface area contributed by atoms with Gasteiger partial charge in [-0.3, -0.25) is 68.8 Å². The highest BCUT2D eigenvalue weighted by Crippen LogP contribution is 2.43. The van der Waals surface area contributed by atoms with Gasteiger partial charge in [-0.15, -0.1) is 0 Å². The Morgan fingerprint density at radius 2 is 0.643 bits per heavy atom. The molecule has 0 saturated carbocycles. The minimum absolute atomic E-state index is 0.0294. The van der Waals surface area contributed by atoms with Gasteiger partial charge < -0.3 is 114 Å². The highest BCUT2D eigenvalue weighted by atomic mass is 32.2. The number of likely N-dealkylation sites (N-methyl/N-ethyl adjacent to an activating group) is 1. The normalized spacial score (nSPS) is 22.2. The second kappa shape index (κ2) is 44.7. The maximum atomic E-state index is 13.9. The molecule has 14 aliphatic heterocycles. The van der Waals surface area contributed by atoms with E-state index in [9.17, 15) is 67.5 Å². The summed E-state index contributed by atoms with van der Waals surface area (Å²) in [6, 6.07) is 0.315. The van der Waals surface area contributed by atoms with Crippen molar-refractivity contribution in [1.82, 2.24) is 69.3 Å². The first kappa shape index (κ1) is 101. The topological polar surface area (TPSA) is 495 Å². The van der Waals surface area contributed by atoms with E-state index in [1.165, 1.54) is 74.4 Å². The Hall–Kier alpha value is -13.5. The lowest BCUT2D eigenvalue weighted by atomic mass is 9.77. The molecule has 5 atom stereocenters. The van der Waals surface area contributed by atoms with Crippen LogP contribution in [0.2, 0.25) is 0 Å². The van der Waals surface area contributed by atoms with Gasteiger partial charge in [0.25, 0.3) is 0 Å². The second-order valence-electron chi connectivity index (χ2n) is 36.8. The van der Waals surface area contributed by atoms with Crippen molar-refractivity contribution in [3.8, 4) is 0 Å². The van der Waals surface area contributed by atoms with Crippen molar-refractivity contribution >= 4 is 131 Å². The van der Waals surface area contributed by atoms with Crippen molar-refractivity contribution in [3.63, 3.8) is 0 Å². The summed E-state index contributed by atoms with van der Waals surface area (Å²) in [6.45, 7) is 16.6. The summed E-state index contributed by atoms with van der Waals surface area (Å²) in [5, 5.41) is 0. The summed E-state index contributed by atoms with van der Waals surface area (Å²) in [5.41, 5.74) is 52.3. The number of nitrogens with two attached hydrogens (primary N) is 8. The van der Waals surface area contributed by atoms with Crippen LogP contribution >= 0.6 is 0 Å². The minimum atomic E-state index is -2.97. The number of piperazine rings is 6. The van der Waals surface area contributed by atoms with E-state index in [1.807, 2.05) is 44.1 Å². The maximum Gasteiger partial charge on any atom is 0.410 e. The van der Waals surface area contributed by atoms with Crippen molar-refractivity contribution in [2.75, 3.05) is 274 Å². The largest absolute Gasteiger partial charge is 0.447 e. The number of cyclic esters (lactones) is 1. The van der Waals surface area contributed by atoms with E-state index in [-0.39, 0.29) is 120 Å². The van der Waals surface area contributed by atoms with E-state index in [4.69, 9.17) is 55.3 Å². The highest BCUT2D eigenvalue weighted by Gasteiger charge is 2.45. The van der Waals surface area contributed by atoms with Gasteiger partial charge >= 0.3 is 6.09 Å². The molecule has 14 fully saturated rings. The van der Waals surface area contributed by atoms with Gasteiger partial charge in [-0.2, -0.15) is 0 Å². The van der Waals surface area contributed by atoms with Gasteiger partial charge in [0.15, 0.2) is 56.4 Å². The quantitative estimate of drug-likeness (QED) is 0.0847. The first-order valence-corrected chi connectivity index (χ1v) is 48.8. The molecule has 1 spiro atoms. The molecule has 14 aliphatic rings. The second-order valence-corrected chi connectivity index (χ2v) is 39.1. The first-order chi connectivity index (χ1) is 67.2. The summed E-state index contributed by atoms with van der Waals surface area (Å²) in [4.78, 5) is 115. The third kappa shape index (κ3) is 23.3. The number of aromatic nitrogens is 8. The third-order valence-corrected chi connectivity index (χ3v) is 29.3. The van der Waals surface area contributed by atoms with E-state index < -0.39 is 44.7 Å². The monoisotopic (exact) mass is 1970 g/mol. The first-order valence-electron chi connectivity index (χ1n) is 46.9. The number of amides is 5. The van der Waals surface area contributed by atoms with Crippen molar-refractivity contribution in [3.05, 3.63) is 146 Å². The number of rotatable bonds is 8. The number of pyridine rings is 8. The number of fused-ring (bicyclic) bond motifs is 5. The zero-order chi connectivity index (χ0) is 99.4. The lowest BCUT2D eigenvalue weighted by Gasteiger charge is -2.47. The number of piperidine rings is 3. The molecule has 754 valence electrons. The molecule has 39 nitrogen and oxygen atoms in total. The summed E-state index contributed by atoms with van der Waals surface area (Å²) in [5.74, 6) is -2.62. The summed E-state index contributed by atoms with van der Waals surface area (Å²) in [6.07, 6.45) is 32.1. The zero-order valence-electron chi connectivity index (χ0n) is 78.0. The summed E-state index contributed by atoms with van der Waals surface area (Å²) >= 11 is 0. The molecule has 4 unspecified atom stereocenters. The molecule has 0 aromatic carbocycles. The Morgan fingerprint density at radius 3 is 1.02 bits per heavy atom. The predicted octanol–water partition coefficient (Wildman–Crippen LogP) is 5.69. The Morgan fingerprint density at radius 1 is 0.329 bits per heavy atom. The van der Waals surface area contributed by atoms with E-state index in [0.717, 1.165) is 155 Å². The van der Waals surface area contributed by atoms with Gasteiger partial charge in [-0.25, -0.2) is 48.3 Å². The van der Waals surface area contributed by atoms with E-state index >= 15 is 0 Å². The van der Waals surface area contributed by atoms with Gasteiger partial charge in [0, 0.05) is 187 Å². The summed E-state index contributed by atoms with van der Waals surface area (Å²) in [7, 11) is -1.16. The van der Waals surface area contributed by atoms with Crippen molar-refractivity contribution in [2.24, 2.45) is 5.41 Å². The molecule has 8 aromatic heterocycles. The van der Waals surface area contributed by atoms with Crippen molar-refractivity contribution < 1.29 is 77.0 Å². The number of nitrogens with zero attached hydrogens (tertiary/aromatic N) is 22. The number of hydrogen-bond donors (Lipinski definition) is 8. The van der Waals surface area contributed by atoms with Gasteiger partial charge in [-0.1, -0.05) is 0 Å². The smallest absolute Gasteiger partial charge is 0.410 e. The van der Waals surface area contributed by atoms with Gasteiger partial charge in [0.1, 0.15) is 18.3 Å². The average Bonchev–Trinajstić information content (AvgIpc) is 0.812.